The number of rotatable bonds is 0. The van der Waals surface area contributed by atoms with Crippen LogP contribution < -0.4 is 5.32 Å². The molecule has 1 N–H and O–H groups in total. The zero-order valence-corrected chi connectivity index (χ0v) is 11.6. The summed E-state index contributed by atoms with van der Waals surface area (Å²) in [6, 6.07) is 0.137. The molecule has 7 rings (SSSR count). The zero-order valence-electron chi connectivity index (χ0n) is 11.6. The van der Waals surface area contributed by atoms with Crippen molar-refractivity contribution in [1.82, 2.24) is 10.2 Å². The van der Waals surface area contributed by atoms with E-state index in [0.29, 0.717) is 5.91 Å². The minimum Gasteiger partial charge on any atom is -0.349 e. The Morgan fingerprint density at radius 1 is 1.11 bits per heavy atom. The lowest BCUT2D eigenvalue weighted by Crippen LogP contribution is -2.76. The lowest BCUT2D eigenvalue weighted by atomic mass is 9.51. The molecule has 7 aliphatic rings. The zero-order chi connectivity index (χ0) is 13.3. The van der Waals surface area contributed by atoms with Gasteiger partial charge in [-0.3, -0.25) is 9.59 Å². The van der Waals surface area contributed by atoms with Gasteiger partial charge in [-0.25, -0.2) is 0 Å². The number of carbonyl (C=O) groups is 2. The Kier molecular flexibility index (Phi) is 2.18. The van der Waals surface area contributed by atoms with Crippen LogP contribution in [0.2, 0.25) is 0 Å². The summed E-state index contributed by atoms with van der Waals surface area (Å²) < 4.78 is 0. The molecule has 4 atom stereocenters. The molecule has 5 saturated heterocycles. The average Bonchev–Trinajstić information content (AvgIpc) is 2.37. The highest BCUT2D eigenvalue weighted by Crippen LogP contribution is 2.57. The molecule has 4 heteroatoms. The Hall–Kier alpha value is -1.06. The first-order valence-corrected chi connectivity index (χ1v) is 7.69. The van der Waals surface area contributed by atoms with Crippen LogP contribution in [0.15, 0.2) is 0 Å². The molecular formula is C15H22N2O2. The molecular weight excluding hydrogens is 240 g/mol. The first-order valence-electron chi connectivity index (χ1n) is 7.69. The summed E-state index contributed by atoms with van der Waals surface area (Å²) in [5.74, 6) is 0.550. The molecule has 4 nitrogen and oxygen atoms in total. The van der Waals surface area contributed by atoms with E-state index in [1.165, 1.54) is 0 Å². The average molecular weight is 262 g/mol. The van der Waals surface area contributed by atoms with Crippen LogP contribution in [0.4, 0.5) is 0 Å². The third-order valence-electron chi connectivity index (χ3n) is 6.51. The number of hydrogen-bond acceptors (Lipinski definition) is 2. The molecule has 0 radical (unpaired) electrons. The van der Waals surface area contributed by atoms with Crippen LogP contribution in [0, 0.1) is 11.3 Å². The number of nitrogens with one attached hydrogen (secondary N) is 1. The van der Waals surface area contributed by atoms with Gasteiger partial charge in [0.25, 0.3) is 0 Å². The summed E-state index contributed by atoms with van der Waals surface area (Å²) >= 11 is 0. The quantitative estimate of drug-likeness (QED) is 0.718. The second kappa shape index (κ2) is 3.53. The van der Waals surface area contributed by atoms with Crippen molar-refractivity contribution >= 4 is 11.8 Å². The van der Waals surface area contributed by atoms with E-state index in [0.717, 1.165) is 51.4 Å². The monoisotopic (exact) mass is 262 g/mol. The van der Waals surface area contributed by atoms with Crippen LogP contribution in [0.3, 0.4) is 0 Å². The van der Waals surface area contributed by atoms with Crippen LogP contribution in [-0.4, -0.2) is 35.3 Å². The standard InChI is InChI=1S/C15H22N2O2/c1-17-11-5-8-14(13(17)19)6-2-3-7-15(14)9-4-10(11)12(18)16-15/h10-11H,2-9H2,1H3,(H,16,18)/t10-,11-,14-,15+/m0/s1. The Balaban J connectivity index is 1.91. The summed E-state index contributed by atoms with van der Waals surface area (Å²) in [5.41, 5.74) is -0.521. The van der Waals surface area contributed by atoms with E-state index in [4.69, 9.17) is 0 Å². The molecule has 7 fully saturated rings. The van der Waals surface area contributed by atoms with Gasteiger partial charge in [0.1, 0.15) is 0 Å². The molecule has 4 bridgehead atoms. The smallest absolute Gasteiger partial charge is 0.231 e. The Morgan fingerprint density at radius 3 is 2.68 bits per heavy atom. The second-order valence-corrected chi connectivity index (χ2v) is 7.03. The normalized spacial score (nSPS) is 48.6. The molecule has 19 heavy (non-hydrogen) atoms. The van der Waals surface area contributed by atoms with E-state index >= 15 is 0 Å². The maximum Gasteiger partial charge on any atom is 0.231 e. The minimum atomic E-state index is -0.294. The van der Waals surface area contributed by atoms with Crippen molar-refractivity contribution in [2.24, 2.45) is 11.3 Å². The minimum absolute atomic E-state index is 0.0276. The van der Waals surface area contributed by atoms with Crippen molar-refractivity contribution in [3.63, 3.8) is 0 Å². The highest BCUT2D eigenvalue weighted by molar-refractivity contribution is 5.91. The van der Waals surface area contributed by atoms with E-state index in [1.807, 2.05) is 11.9 Å². The van der Waals surface area contributed by atoms with Gasteiger partial charge in [0.15, 0.2) is 0 Å². The van der Waals surface area contributed by atoms with Gasteiger partial charge in [0.2, 0.25) is 11.8 Å². The summed E-state index contributed by atoms with van der Waals surface area (Å²) in [6.45, 7) is 0. The molecule has 0 aromatic rings. The SMILES string of the molecule is CN1C(=O)[C@@]23CCCC[C@@]24CC[C@H](C(=O)N4)[C@@H]1CC3. The van der Waals surface area contributed by atoms with Gasteiger partial charge in [0.05, 0.1) is 16.9 Å². The van der Waals surface area contributed by atoms with Crippen molar-refractivity contribution in [3.05, 3.63) is 0 Å². The van der Waals surface area contributed by atoms with Crippen LogP contribution in [0.1, 0.15) is 51.4 Å². The Labute approximate surface area is 113 Å². The van der Waals surface area contributed by atoms with Gasteiger partial charge in [-0.05, 0) is 38.5 Å². The van der Waals surface area contributed by atoms with Gasteiger partial charge in [0, 0.05) is 13.1 Å². The van der Waals surface area contributed by atoms with E-state index in [9.17, 15) is 9.59 Å². The molecule has 0 aromatic heterocycles. The molecule has 2 spiro atoms. The second-order valence-electron chi connectivity index (χ2n) is 7.03. The van der Waals surface area contributed by atoms with Gasteiger partial charge in [-0.2, -0.15) is 0 Å². The molecule has 104 valence electrons. The van der Waals surface area contributed by atoms with Crippen molar-refractivity contribution < 1.29 is 9.59 Å². The topological polar surface area (TPSA) is 49.4 Å². The van der Waals surface area contributed by atoms with E-state index in [1.54, 1.807) is 0 Å². The highest BCUT2D eigenvalue weighted by Gasteiger charge is 2.65. The van der Waals surface area contributed by atoms with Crippen LogP contribution in [-0.2, 0) is 9.59 Å². The fourth-order valence-electron chi connectivity index (χ4n) is 5.50. The summed E-state index contributed by atoms with van der Waals surface area (Å²) in [6.07, 6.45) is 8.22. The molecule has 5 heterocycles. The van der Waals surface area contributed by atoms with Crippen LogP contribution >= 0.6 is 0 Å². The highest BCUT2D eigenvalue weighted by atomic mass is 16.2. The first-order chi connectivity index (χ1) is 9.10. The maximum absolute atomic E-state index is 13.0. The molecule has 0 unspecified atom stereocenters. The van der Waals surface area contributed by atoms with Gasteiger partial charge in [-0.15, -0.1) is 0 Å². The molecule has 2 saturated carbocycles. The van der Waals surface area contributed by atoms with E-state index in [2.05, 4.69) is 5.32 Å². The fraction of sp³-hybridized carbons (Fsp3) is 0.867. The molecule has 2 aliphatic carbocycles. The lowest BCUT2D eigenvalue weighted by molar-refractivity contribution is -0.177. The van der Waals surface area contributed by atoms with E-state index < -0.39 is 0 Å². The maximum atomic E-state index is 13.0. The van der Waals surface area contributed by atoms with Crippen molar-refractivity contribution in [2.45, 2.75) is 62.9 Å². The number of nitrogens with zero attached hydrogens (tertiary/aromatic N) is 1. The number of carbonyl (C=O) groups excluding carboxylic acids is 2. The number of hydrogen-bond donors (Lipinski definition) is 1. The molecule has 2 amide bonds. The summed E-state index contributed by atoms with van der Waals surface area (Å²) in [4.78, 5) is 27.4. The Bertz CT molecular complexity index is 463. The van der Waals surface area contributed by atoms with Gasteiger partial charge in [-0.1, -0.05) is 12.8 Å². The van der Waals surface area contributed by atoms with Gasteiger partial charge < -0.3 is 10.2 Å². The summed E-state index contributed by atoms with van der Waals surface area (Å²) in [5, 5.41) is 3.32. The van der Waals surface area contributed by atoms with Crippen LogP contribution in [0.5, 0.6) is 0 Å². The van der Waals surface area contributed by atoms with Crippen LogP contribution in [0.25, 0.3) is 0 Å². The van der Waals surface area contributed by atoms with Crippen molar-refractivity contribution in [1.29, 1.82) is 0 Å². The third kappa shape index (κ3) is 1.21. The molecule has 0 aromatic carbocycles. The van der Waals surface area contributed by atoms with Crippen molar-refractivity contribution in [3.8, 4) is 0 Å². The molecule has 5 aliphatic heterocycles. The predicted octanol–water partition coefficient (Wildman–Crippen LogP) is 1.45. The Morgan fingerprint density at radius 2 is 1.89 bits per heavy atom. The number of amides is 2. The largest absolute Gasteiger partial charge is 0.349 e. The summed E-state index contributed by atoms with van der Waals surface area (Å²) in [7, 11) is 1.92. The number of piperidine rings is 2. The van der Waals surface area contributed by atoms with E-state index in [-0.39, 0.29) is 28.8 Å². The lowest BCUT2D eigenvalue weighted by Gasteiger charge is -2.63. The predicted molar refractivity (Wildman–Crippen MR) is 70.3 cm³/mol. The third-order valence-corrected chi connectivity index (χ3v) is 6.51. The first kappa shape index (κ1) is 11.7. The van der Waals surface area contributed by atoms with Crippen molar-refractivity contribution in [2.75, 3.05) is 7.05 Å². The van der Waals surface area contributed by atoms with Gasteiger partial charge >= 0.3 is 0 Å². The fourth-order valence-corrected chi connectivity index (χ4v) is 5.50.